The van der Waals surface area contributed by atoms with Crippen LogP contribution >= 0.6 is 11.3 Å². The molecule has 1 aliphatic heterocycles. The smallest absolute Gasteiger partial charge is 0.251 e. The van der Waals surface area contributed by atoms with Gasteiger partial charge in [0, 0.05) is 24.6 Å². The zero-order chi connectivity index (χ0) is 20.7. The molecule has 1 saturated heterocycles. The zero-order valence-corrected chi connectivity index (χ0v) is 16.9. The number of benzene rings is 1. The minimum Gasteiger partial charge on any atom is -0.486 e. The minimum atomic E-state index is -0.792. The van der Waals surface area contributed by atoms with Gasteiger partial charge in [0.1, 0.15) is 27.7 Å². The molecule has 0 spiro atoms. The highest BCUT2D eigenvalue weighted by atomic mass is 32.1. The van der Waals surface area contributed by atoms with Crippen molar-refractivity contribution in [2.45, 2.75) is 31.4 Å². The zero-order valence-electron chi connectivity index (χ0n) is 16.1. The normalized spacial score (nSPS) is 17.0. The third-order valence-electron chi connectivity index (χ3n) is 5.26. The molecular weight excluding hydrogens is 405 g/mol. The van der Waals surface area contributed by atoms with Crippen LogP contribution in [-0.2, 0) is 6.54 Å². The number of pyridine rings is 1. The molecule has 154 valence electrons. The Morgan fingerprint density at radius 2 is 2.07 bits per heavy atom. The number of carbonyl (C=O) groups is 1. The van der Waals surface area contributed by atoms with Crippen molar-refractivity contribution in [1.29, 1.82) is 0 Å². The molecule has 5 rings (SSSR count). The molecule has 0 atom stereocenters. The van der Waals surface area contributed by atoms with E-state index in [0.29, 0.717) is 22.9 Å². The van der Waals surface area contributed by atoms with Gasteiger partial charge in [0.15, 0.2) is 0 Å². The number of rotatable bonds is 7. The second-order valence-corrected chi connectivity index (χ2v) is 8.77. The van der Waals surface area contributed by atoms with Crippen LogP contribution in [0.1, 0.15) is 39.1 Å². The van der Waals surface area contributed by atoms with Crippen LogP contribution in [0.15, 0.2) is 36.5 Å². The Kier molecular flexibility index (Phi) is 4.92. The van der Waals surface area contributed by atoms with E-state index in [1.165, 1.54) is 30.0 Å². The van der Waals surface area contributed by atoms with Crippen molar-refractivity contribution in [3.63, 3.8) is 0 Å². The summed E-state index contributed by atoms with van der Waals surface area (Å²) in [6, 6.07) is 7.84. The van der Waals surface area contributed by atoms with Crippen molar-refractivity contribution in [1.82, 2.24) is 20.1 Å². The van der Waals surface area contributed by atoms with E-state index in [1.807, 2.05) is 6.07 Å². The van der Waals surface area contributed by atoms with Gasteiger partial charge in [-0.1, -0.05) is 17.4 Å². The van der Waals surface area contributed by atoms with Crippen LogP contribution in [0, 0.1) is 5.82 Å². The lowest BCUT2D eigenvalue weighted by atomic mass is 10.1. The van der Waals surface area contributed by atoms with Gasteiger partial charge >= 0.3 is 0 Å². The first kappa shape index (κ1) is 19.1. The van der Waals surface area contributed by atoms with Crippen molar-refractivity contribution < 1.29 is 13.9 Å². The van der Waals surface area contributed by atoms with E-state index in [4.69, 9.17) is 10.5 Å². The number of carbonyl (C=O) groups excluding carboxylic acids is 1. The molecular formula is C21H20FN5O2S. The summed E-state index contributed by atoms with van der Waals surface area (Å²) in [6.07, 6.45) is 4.23. The van der Waals surface area contributed by atoms with Crippen LogP contribution in [-0.4, -0.2) is 45.2 Å². The lowest BCUT2D eigenvalue weighted by Crippen LogP contribution is -2.53. The highest BCUT2D eigenvalue weighted by molar-refractivity contribution is 7.11. The van der Waals surface area contributed by atoms with Gasteiger partial charge in [-0.25, -0.2) is 4.39 Å². The lowest BCUT2D eigenvalue weighted by molar-refractivity contribution is 0.0142. The summed E-state index contributed by atoms with van der Waals surface area (Å²) in [7, 11) is 0. The molecule has 2 fully saturated rings. The van der Waals surface area contributed by atoms with Crippen LogP contribution < -0.4 is 10.5 Å². The lowest BCUT2D eigenvalue weighted by Gasteiger charge is -2.38. The van der Waals surface area contributed by atoms with Crippen LogP contribution in [0.3, 0.4) is 0 Å². The Labute approximate surface area is 176 Å². The SMILES string of the molecule is NC(=O)c1ccc(-c2ccc(OC3CN(Cc4nnc(C5CC5)s4)C3)cn2)cc1F. The Bertz CT molecular complexity index is 1080. The van der Waals surface area contributed by atoms with Gasteiger partial charge in [0.05, 0.1) is 24.0 Å². The van der Waals surface area contributed by atoms with Gasteiger partial charge in [0.2, 0.25) is 0 Å². The fraction of sp³-hybridized carbons (Fsp3) is 0.333. The molecule has 3 heterocycles. The predicted octanol–water partition coefficient (Wildman–Crippen LogP) is 2.98. The monoisotopic (exact) mass is 425 g/mol. The number of aromatic nitrogens is 3. The molecule has 0 radical (unpaired) electrons. The maximum atomic E-state index is 14.0. The summed E-state index contributed by atoms with van der Waals surface area (Å²) in [4.78, 5) is 17.8. The number of hydrogen-bond donors (Lipinski definition) is 1. The van der Waals surface area contributed by atoms with E-state index < -0.39 is 11.7 Å². The summed E-state index contributed by atoms with van der Waals surface area (Å²) in [5.41, 5.74) is 6.17. The van der Waals surface area contributed by atoms with E-state index in [2.05, 4.69) is 20.1 Å². The van der Waals surface area contributed by atoms with Crippen LogP contribution in [0.5, 0.6) is 5.75 Å². The fourth-order valence-electron chi connectivity index (χ4n) is 3.43. The first-order valence-electron chi connectivity index (χ1n) is 9.82. The minimum absolute atomic E-state index is 0.112. The van der Waals surface area contributed by atoms with Crippen LogP contribution in [0.4, 0.5) is 4.39 Å². The number of nitrogens with zero attached hydrogens (tertiary/aromatic N) is 4. The van der Waals surface area contributed by atoms with Gasteiger partial charge in [-0.2, -0.15) is 0 Å². The summed E-state index contributed by atoms with van der Waals surface area (Å²) in [5, 5.41) is 10.8. The number of hydrogen-bond acceptors (Lipinski definition) is 7. The van der Waals surface area contributed by atoms with Gasteiger partial charge in [-0.05, 0) is 37.1 Å². The maximum Gasteiger partial charge on any atom is 0.251 e. The second-order valence-electron chi connectivity index (χ2n) is 7.68. The first-order chi connectivity index (χ1) is 14.5. The average molecular weight is 425 g/mol. The molecule has 9 heteroatoms. The van der Waals surface area contributed by atoms with E-state index >= 15 is 0 Å². The number of likely N-dealkylation sites (tertiary alicyclic amines) is 1. The van der Waals surface area contributed by atoms with E-state index in [0.717, 1.165) is 24.6 Å². The average Bonchev–Trinajstić information content (AvgIpc) is 3.45. The predicted molar refractivity (Wildman–Crippen MR) is 110 cm³/mol. The molecule has 1 amide bonds. The summed E-state index contributed by atoms with van der Waals surface area (Å²) in [6.45, 7) is 2.48. The maximum absolute atomic E-state index is 14.0. The van der Waals surface area contributed by atoms with Gasteiger partial charge < -0.3 is 10.5 Å². The number of amides is 1. The van der Waals surface area contributed by atoms with Crippen LogP contribution in [0.2, 0.25) is 0 Å². The molecule has 0 unspecified atom stereocenters. The Morgan fingerprint density at radius 3 is 2.73 bits per heavy atom. The molecule has 1 aliphatic carbocycles. The van der Waals surface area contributed by atoms with Crippen LogP contribution in [0.25, 0.3) is 11.3 Å². The van der Waals surface area contributed by atoms with E-state index in [1.54, 1.807) is 29.7 Å². The van der Waals surface area contributed by atoms with Crippen molar-refractivity contribution >= 4 is 17.2 Å². The number of nitrogens with two attached hydrogens (primary N) is 1. The van der Waals surface area contributed by atoms with Gasteiger partial charge in [-0.3, -0.25) is 14.7 Å². The van der Waals surface area contributed by atoms with Crippen molar-refractivity contribution in [2.75, 3.05) is 13.1 Å². The molecule has 7 nitrogen and oxygen atoms in total. The fourth-order valence-corrected chi connectivity index (χ4v) is 4.48. The Morgan fingerprint density at radius 1 is 1.23 bits per heavy atom. The van der Waals surface area contributed by atoms with E-state index in [-0.39, 0.29) is 11.7 Å². The van der Waals surface area contributed by atoms with Gasteiger partial charge in [0.25, 0.3) is 5.91 Å². The first-order valence-corrected chi connectivity index (χ1v) is 10.6. The molecule has 2 aliphatic rings. The number of halogens is 1. The molecule has 0 bridgehead atoms. The van der Waals surface area contributed by atoms with Crippen molar-refractivity contribution in [3.8, 4) is 17.0 Å². The summed E-state index contributed by atoms with van der Waals surface area (Å²) in [5.74, 6) is -0.127. The molecule has 2 aromatic heterocycles. The number of ether oxygens (including phenoxy) is 1. The van der Waals surface area contributed by atoms with Crippen molar-refractivity contribution in [2.24, 2.45) is 5.73 Å². The van der Waals surface area contributed by atoms with E-state index in [9.17, 15) is 9.18 Å². The molecule has 30 heavy (non-hydrogen) atoms. The Hall–Kier alpha value is -2.91. The quantitative estimate of drug-likeness (QED) is 0.625. The van der Waals surface area contributed by atoms with Gasteiger partial charge in [-0.15, -0.1) is 10.2 Å². The molecule has 3 aromatic rings. The standard InChI is InChI=1S/C21H20FN5O2S/c22-17-7-13(3-5-16(17)20(23)28)18-6-4-14(8-24-18)29-15-9-27(10-15)11-19-25-26-21(30-19)12-1-2-12/h3-8,12,15H,1-2,9-11H2,(H2,23,28). The third-order valence-corrected chi connectivity index (χ3v) is 6.33. The number of primary amides is 1. The summed E-state index contributed by atoms with van der Waals surface area (Å²) >= 11 is 1.72. The largest absolute Gasteiger partial charge is 0.486 e. The Balaban J connectivity index is 1.14. The highest BCUT2D eigenvalue weighted by Gasteiger charge is 2.31. The highest BCUT2D eigenvalue weighted by Crippen LogP contribution is 2.41. The summed E-state index contributed by atoms with van der Waals surface area (Å²) < 4.78 is 19.9. The third kappa shape index (κ3) is 4.03. The molecule has 1 aromatic carbocycles. The van der Waals surface area contributed by atoms with Crippen molar-refractivity contribution in [3.05, 3.63) is 57.9 Å². The molecule has 1 saturated carbocycles. The molecule has 2 N–H and O–H groups in total. The topological polar surface area (TPSA) is 94.2 Å². The second kappa shape index (κ2) is 7.73.